The molecule has 5 aromatic rings. The molecule has 0 saturated carbocycles. The fourth-order valence-electron chi connectivity index (χ4n) is 2.69. The summed E-state index contributed by atoms with van der Waals surface area (Å²) in [5.41, 5.74) is 3.81. The highest BCUT2D eigenvalue weighted by atomic mass is 32.1. The number of carboxylic acid groups (broad SMARTS) is 1. The highest BCUT2D eigenvalue weighted by Crippen LogP contribution is 2.31. The molecule has 0 aliphatic carbocycles. The monoisotopic (exact) mass is 474 g/mol. The van der Waals surface area contributed by atoms with Crippen LogP contribution in [0.2, 0.25) is 0 Å². The first-order valence-corrected chi connectivity index (χ1v) is 9.95. The molecule has 0 atom stereocenters. The van der Waals surface area contributed by atoms with E-state index in [0.29, 0.717) is 5.89 Å². The molecule has 3 heterocycles. The minimum absolute atomic E-state index is 0.586. The summed E-state index contributed by atoms with van der Waals surface area (Å²) in [4.78, 5) is 13.1. The lowest BCUT2D eigenvalue weighted by Crippen LogP contribution is -2.21. The van der Waals surface area contributed by atoms with Crippen LogP contribution in [-0.4, -0.2) is 42.6 Å². The molecule has 5 rings (SSSR count). The zero-order valence-electron chi connectivity index (χ0n) is 16.4. The van der Waals surface area contributed by atoms with Crippen LogP contribution in [0.25, 0.3) is 32.9 Å². The van der Waals surface area contributed by atoms with Gasteiger partial charge >= 0.3 is 12.1 Å². The molecule has 33 heavy (non-hydrogen) atoms. The first kappa shape index (κ1) is 22.0. The molecule has 0 saturated heterocycles. The molecule has 0 amide bonds. The molecule has 0 fully saturated rings. The van der Waals surface area contributed by atoms with Crippen LogP contribution in [0.5, 0.6) is 0 Å². The molecule has 0 aliphatic rings. The molecule has 3 N–H and O–H groups in total. The van der Waals surface area contributed by atoms with Gasteiger partial charge < -0.3 is 14.8 Å². The van der Waals surface area contributed by atoms with Crippen molar-refractivity contribution >= 4 is 39.0 Å². The highest BCUT2D eigenvalue weighted by molar-refractivity contribution is 7.18. The smallest absolute Gasteiger partial charge is 0.475 e. The van der Waals surface area contributed by atoms with Crippen molar-refractivity contribution in [1.29, 1.82) is 0 Å². The van der Waals surface area contributed by atoms with Crippen LogP contribution in [0.4, 0.5) is 24.0 Å². The fraction of sp³-hybridized carbons (Fsp3) is 0.0500. The number of carbonyl (C=O) groups is 1. The third-order valence-corrected chi connectivity index (χ3v) is 5.04. The van der Waals surface area contributed by atoms with Crippen molar-refractivity contribution in [2.24, 2.45) is 0 Å². The number of hydrogen-bond donors (Lipinski definition) is 3. The summed E-state index contributed by atoms with van der Waals surface area (Å²) < 4.78 is 37.1. The van der Waals surface area contributed by atoms with Crippen LogP contribution in [0.1, 0.15) is 0 Å². The van der Waals surface area contributed by atoms with E-state index in [4.69, 9.17) is 14.3 Å². The van der Waals surface area contributed by atoms with Gasteiger partial charge in [-0.1, -0.05) is 23.5 Å². The molecule has 2 aromatic carbocycles. The average molecular weight is 474 g/mol. The Hall–Kier alpha value is -4.26. The Bertz CT molecular complexity index is 1380. The van der Waals surface area contributed by atoms with Gasteiger partial charge in [0.2, 0.25) is 11.0 Å². The van der Waals surface area contributed by atoms with Gasteiger partial charge in [-0.05, 0) is 30.3 Å². The van der Waals surface area contributed by atoms with E-state index in [0.717, 1.165) is 37.9 Å². The molecule has 0 bridgehead atoms. The molecule has 13 heteroatoms. The molecular weight excluding hydrogens is 461 g/mol. The van der Waals surface area contributed by atoms with Gasteiger partial charge in [-0.3, -0.25) is 5.10 Å². The van der Waals surface area contributed by atoms with Gasteiger partial charge in [0.1, 0.15) is 11.3 Å². The number of fused-ring (bicyclic) bond motifs is 1. The Balaban J connectivity index is 0.000000325. The van der Waals surface area contributed by atoms with E-state index in [1.165, 1.54) is 11.3 Å². The summed E-state index contributed by atoms with van der Waals surface area (Å²) >= 11 is 1.49. The first-order chi connectivity index (χ1) is 15.8. The minimum atomic E-state index is -5.08. The van der Waals surface area contributed by atoms with Crippen LogP contribution in [-0.2, 0) is 4.79 Å². The summed E-state index contributed by atoms with van der Waals surface area (Å²) in [6.45, 7) is 0. The van der Waals surface area contributed by atoms with Crippen molar-refractivity contribution in [3.63, 3.8) is 0 Å². The van der Waals surface area contributed by atoms with E-state index in [2.05, 4.69) is 30.7 Å². The van der Waals surface area contributed by atoms with Crippen LogP contribution >= 0.6 is 11.3 Å². The van der Waals surface area contributed by atoms with Crippen LogP contribution in [0.3, 0.4) is 0 Å². The van der Waals surface area contributed by atoms with Gasteiger partial charge in [-0.15, -0.1) is 10.2 Å². The number of nitrogens with one attached hydrogen (secondary N) is 2. The summed E-state index contributed by atoms with van der Waals surface area (Å²) in [7, 11) is 0. The maximum atomic E-state index is 10.6. The maximum Gasteiger partial charge on any atom is 0.490 e. The van der Waals surface area contributed by atoms with Crippen molar-refractivity contribution in [2.45, 2.75) is 6.18 Å². The SMILES string of the molecule is O=C(O)C(F)(F)F.c1cc(-c2ncco2)cc(-c2nnc(Nc3ccc4[nH]ncc4c3)s2)c1. The zero-order valence-corrected chi connectivity index (χ0v) is 17.2. The Morgan fingerprint density at radius 3 is 2.64 bits per heavy atom. The van der Waals surface area contributed by atoms with Crippen LogP contribution in [0, 0.1) is 0 Å². The van der Waals surface area contributed by atoms with Crippen molar-refractivity contribution in [3.8, 4) is 22.0 Å². The topological polar surface area (TPSA) is 130 Å². The number of nitrogens with zero attached hydrogens (tertiary/aromatic N) is 4. The van der Waals surface area contributed by atoms with Gasteiger partial charge in [0, 0.05) is 22.2 Å². The van der Waals surface area contributed by atoms with Crippen molar-refractivity contribution in [2.75, 3.05) is 5.32 Å². The molecule has 0 aliphatic heterocycles. The summed E-state index contributed by atoms with van der Waals surface area (Å²) in [6.07, 6.45) is -0.0994. The maximum absolute atomic E-state index is 10.6. The molecule has 168 valence electrons. The number of halogens is 3. The predicted molar refractivity (Wildman–Crippen MR) is 114 cm³/mol. The molecule has 3 aromatic heterocycles. The van der Waals surface area contributed by atoms with E-state index in [9.17, 15) is 13.2 Å². The second-order valence-corrected chi connectivity index (χ2v) is 7.41. The van der Waals surface area contributed by atoms with Crippen molar-refractivity contribution < 1.29 is 27.5 Å². The first-order valence-electron chi connectivity index (χ1n) is 9.13. The number of benzene rings is 2. The standard InChI is InChI=1S/C18H12N6OS.C2HF3O2/c1-2-11(16-19-6-7-25-16)8-12(3-1)17-23-24-18(26-17)21-14-4-5-15-13(9-14)10-20-22-15;3-2(4,5)1(6)7/h1-10H,(H,20,22)(H,21,24);(H,6,7). The van der Waals surface area contributed by atoms with E-state index in [-0.39, 0.29) is 0 Å². The highest BCUT2D eigenvalue weighted by Gasteiger charge is 2.38. The van der Waals surface area contributed by atoms with E-state index >= 15 is 0 Å². The number of alkyl halides is 3. The Morgan fingerprint density at radius 2 is 1.91 bits per heavy atom. The lowest BCUT2D eigenvalue weighted by molar-refractivity contribution is -0.192. The Kier molecular flexibility index (Phi) is 6.04. The molecule has 0 radical (unpaired) electrons. The largest absolute Gasteiger partial charge is 0.490 e. The average Bonchev–Trinajstić information content (AvgIpc) is 3.55. The van der Waals surface area contributed by atoms with Crippen molar-refractivity contribution in [3.05, 3.63) is 61.1 Å². The molecule has 9 nitrogen and oxygen atoms in total. The number of rotatable bonds is 4. The number of hydrogen-bond acceptors (Lipinski definition) is 8. The number of aromatic nitrogens is 5. The lowest BCUT2D eigenvalue weighted by atomic mass is 10.1. The second kappa shape index (κ2) is 9.08. The lowest BCUT2D eigenvalue weighted by Gasteiger charge is -2.01. The second-order valence-electron chi connectivity index (χ2n) is 6.43. The summed E-state index contributed by atoms with van der Waals surface area (Å²) in [6, 6.07) is 13.9. The molecule has 0 spiro atoms. The van der Waals surface area contributed by atoms with E-state index < -0.39 is 12.1 Å². The van der Waals surface area contributed by atoms with Gasteiger partial charge in [-0.25, -0.2) is 9.78 Å². The third-order valence-electron chi connectivity index (χ3n) is 4.15. The predicted octanol–water partition coefficient (Wildman–Crippen LogP) is 5.11. The summed E-state index contributed by atoms with van der Waals surface area (Å²) in [5, 5.41) is 28.5. The number of H-pyrrole nitrogens is 1. The summed E-state index contributed by atoms with van der Waals surface area (Å²) in [5.74, 6) is -2.17. The molecule has 0 unspecified atom stereocenters. The third kappa shape index (κ3) is 5.33. The number of carboxylic acids is 1. The Morgan fingerprint density at radius 1 is 1.12 bits per heavy atom. The molecular formula is C20H13F3N6O3S. The number of oxazole rings is 1. The fourth-order valence-corrected chi connectivity index (χ4v) is 3.45. The van der Waals surface area contributed by atoms with Gasteiger partial charge in [0.05, 0.1) is 17.9 Å². The minimum Gasteiger partial charge on any atom is -0.475 e. The quantitative estimate of drug-likeness (QED) is 0.328. The normalized spacial score (nSPS) is 11.1. The number of aromatic amines is 1. The van der Waals surface area contributed by atoms with E-state index in [1.54, 1.807) is 18.7 Å². The van der Waals surface area contributed by atoms with Crippen molar-refractivity contribution in [1.82, 2.24) is 25.4 Å². The van der Waals surface area contributed by atoms with Gasteiger partial charge in [0.25, 0.3) is 0 Å². The number of aliphatic carboxylic acids is 1. The number of anilines is 2. The van der Waals surface area contributed by atoms with Gasteiger partial charge in [-0.2, -0.15) is 18.3 Å². The zero-order chi connectivity index (χ0) is 23.4. The van der Waals surface area contributed by atoms with E-state index in [1.807, 2.05) is 42.5 Å². The van der Waals surface area contributed by atoms with Crippen LogP contribution in [0.15, 0.2) is 65.5 Å². The van der Waals surface area contributed by atoms with Crippen LogP contribution < -0.4 is 5.32 Å². The Labute approximate surface area is 186 Å². The van der Waals surface area contributed by atoms with Gasteiger partial charge in [0.15, 0.2) is 0 Å².